The van der Waals surface area contributed by atoms with E-state index in [0.29, 0.717) is 33.7 Å². The topological polar surface area (TPSA) is 95.1 Å². The second-order valence-corrected chi connectivity index (χ2v) is 8.46. The second kappa shape index (κ2) is 9.64. The third kappa shape index (κ3) is 5.53. The van der Waals surface area contributed by atoms with Crippen LogP contribution < -0.4 is 10.1 Å². The summed E-state index contributed by atoms with van der Waals surface area (Å²) in [6.45, 7) is 6.28. The summed E-state index contributed by atoms with van der Waals surface area (Å²) in [5, 5.41) is 11.8. The number of carbonyl (C=O) groups is 1. The van der Waals surface area contributed by atoms with E-state index in [0.717, 1.165) is 16.7 Å². The Morgan fingerprint density at radius 3 is 2.58 bits per heavy atom. The summed E-state index contributed by atoms with van der Waals surface area (Å²) in [4.78, 5) is 16.9. The molecule has 10 heteroatoms. The van der Waals surface area contributed by atoms with Crippen LogP contribution in [-0.4, -0.2) is 25.8 Å². The average Bonchev–Trinajstić information content (AvgIpc) is 3.34. The van der Waals surface area contributed by atoms with Crippen molar-refractivity contribution in [2.24, 2.45) is 0 Å². The molecule has 0 saturated carbocycles. The van der Waals surface area contributed by atoms with Gasteiger partial charge in [-0.2, -0.15) is 0 Å². The fraction of sp³-hybridized carbons (Fsp3) is 0.217. The Labute approximate surface area is 200 Å². The number of aromatic nitrogens is 4. The van der Waals surface area contributed by atoms with Crippen LogP contribution in [0.5, 0.6) is 5.75 Å². The van der Waals surface area contributed by atoms with Gasteiger partial charge in [0, 0.05) is 0 Å². The first-order chi connectivity index (χ1) is 15.8. The SMILES string of the molecule is Cc1cc(C)cc(OCc2c(C(=O)Nc3ncn(Cc4ccc(Cl)c(Cl)c4)n3)noc2C)c1. The molecule has 0 aliphatic carbocycles. The molecule has 4 rings (SSSR count). The highest BCUT2D eigenvalue weighted by atomic mass is 35.5. The van der Waals surface area contributed by atoms with Crippen LogP contribution in [0.4, 0.5) is 5.95 Å². The van der Waals surface area contributed by atoms with Gasteiger partial charge in [0.2, 0.25) is 5.95 Å². The molecular formula is C23H21Cl2N5O3. The zero-order chi connectivity index (χ0) is 23.5. The average molecular weight is 486 g/mol. The third-order valence-electron chi connectivity index (χ3n) is 4.87. The van der Waals surface area contributed by atoms with Crippen molar-refractivity contribution in [3.05, 3.63) is 86.5 Å². The van der Waals surface area contributed by atoms with Crippen LogP contribution >= 0.6 is 23.2 Å². The van der Waals surface area contributed by atoms with Gasteiger partial charge in [-0.3, -0.25) is 10.1 Å². The molecule has 2 heterocycles. The molecule has 0 bridgehead atoms. The maximum atomic E-state index is 12.8. The van der Waals surface area contributed by atoms with Crippen molar-refractivity contribution in [1.29, 1.82) is 0 Å². The summed E-state index contributed by atoms with van der Waals surface area (Å²) in [5.74, 6) is 0.866. The third-order valence-corrected chi connectivity index (χ3v) is 5.61. The van der Waals surface area contributed by atoms with Crippen LogP contribution in [0, 0.1) is 20.8 Å². The zero-order valence-corrected chi connectivity index (χ0v) is 19.7. The van der Waals surface area contributed by atoms with E-state index in [1.807, 2.05) is 32.0 Å². The Kier molecular flexibility index (Phi) is 6.67. The van der Waals surface area contributed by atoms with E-state index in [2.05, 4.69) is 26.6 Å². The zero-order valence-electron chi connectivity index (χ0n) is 18.2. The summed E-state index contributed by atoms with van der Waals surface area (Å²) in [6.07, 6.45) is 1.51. The van der Waals surface area contributed by atoms with Crippen molar-refractivity contribution in [3.8, 4) is 5.75 Å². The predicted octanol–water partition coefficient (Wildman–Crippen LogP) is 5.38. The Balaban J connectivity index is 1.43. The molecule has 8 nitrogen and oxygen atoms in total. The number of amides is 1. The van der Waals surface area contributed by atoms with Gasteiger partial charge in [-0.1, -0.05) is 40.5 Å². The molecule has 0 radical (unpaired) electrons. The molecule has 0 aliphatic heterocycles. The van der Waals surface area contributed by atoms with E-state index in [4.69, 9.17) is 32.5 Å². The maximum Gasteiger partial charge on any atom is 0.280 e. The lowest BCUT2D eigenvalue weighted by molar-refractivity contribution is 0.101. The fourth-order valence-electron chi connectivity index (χ4n) is 3.33. The van der Waals surface area contributed by atoms with Crippen molar-refractivity contribution < 1.29 is 14.1 Å². The Morgan fingerprint density at radius 2 is 1.85 bits per heavy atom. The van der Waals surface area contributed by atoms with Gasteiger partial charge in [0.25, 0.3) is 5.91 Å². The molecule has 170 valence electrons. The van der Waals surface area contributed by atoms with E-state index in [9.17, 15) is 4.79 Å². The summed E-state index contributed by atoms with van der Waals surface area (Å²) >= 11 is 12.0. The highest BCUT2D eigenvalue weighted by molar-refractivity contribution is 6.42. The summed E-state index contributed by atoms with van der Waals surface area (Å²) in [7, 11) is 0. The minimum Gasteiger partial charge on any atom is -0.489 e. The number of benzene rings is 2. The Morgan fingerprint density at radius 1 is 1.09 bits per heavy atom. The Bertz CT molecular complexity index is 1300. The van der Waals surface area contributed by atoms with Gasteiger partial charge in [0.1, 0.15) is 24.4 Å². The van der Waals surface area contributed by atoms with E-state index in [1.54, 1.807) is 23.7 Å². The standard InChI is InChI=1S/C23H21Cl2N5O3/c1-13-6-14(2)8-17(7-13)32-11-18-15(3)33-29-21(18)22(31)27-23-26-12-30(28-23)10-16-4-5-19(24)20(25)9-16/h4-9,12H,10-11H2,1-3H3,(H,27,28,31). The van der Waals surface area contributed by atoms with Gasteiger partial charge in [0.05, 0.1) is 22.2 Å². The quantitative estimate of drug-likeness (QED) is 0.377. The maximum absolute atomic E-state index is 12.8. The van der Waals surface area contributed by atoms with Crippen LogP contribution in [0.2, 0.25) is 10.0 Å². The molecule has 0 spiro atoms. The first kappa shape index (κ1) is 22.8. The molecule has 0 fully saturated rings. The molecule has 0 aliphatic rings. The van der Waals surface area contributed by atoms with Crippen molar-refractivity contribution >= 4 is 35.1 Å². The lowest BCUT2D eigenvalue weighted by Gasteiger charge is -2.08. The molecule has 1 N–H and O–H groups in total. The van der Waals surface area contributed by atoms with E-state index in [-0.39, 0.29) is 18.2 Å². The number of hydrogen-bond donors (Lipinski definition) is 1. The molecule has 0 atom stereocenters. The van der Waals surface area contributed by atoms with Gasteiger partial charge in [-0.15, -0.1) is 5.10 Å². The molecule has 0 unspecified atom stereocenters. The largest absolute Gasteiger partial charge is 0.489 e. The molecule has 33 heavy (non-hydrogen) atoms. The van der Waals surface area contributed by atoms with Gasteiger partial charge in [0.15, 0.2) is 5.69 Å². The highest BCUT2D eigenvalue weighted by Gasteiger charge is 2.22. The summed E-state index contributed by atoms with van der Waals surface area (Å²) < 4.78 is 12.7. The van der Waals surface area contributed by atoms with E-state index >= 15 is 0 Å². The van der Waals surface area contributed by atoms with E-state index < -0.39 is 5.91 Å². The monoisotopic (exact) mass is 485 g/mol. The summed E-state index contributed by atoms with van der Waals surface area (Å²) in [6, 6.07) is 11.2. The second-order valence-electron chi connectivity index (χ2n) is 7.65. The molecule has 0 saturated heterocycles. The normalized spacial score (nSPS) is 10.9. The molecular weight excluding hydrogens is 465 g/mol. The highest BCUT2D eigenvalue weighted by Crippen LogP contribution is 2.23. The molecule has 2 aromatic heterocycles. The number of rotatable bonds is 7. The molecule has 2 aromatic carbocycles. The minimum atomic E-state index is -0.488. The summed E-state index contributed by atoms with van der Waals surface area (Å²) in [5.41, 5.74) is 3.75. The predicted molar refractivity (Wildman–Crippen MR) is 125 cm³/mol. The van der Waals surface area contributed by atoms with Gasteiger partial charge in [-0.25, -0.2) is 9.67 Å². The number of nitrogens with one attached hydrogen (secondary N) is 1. The number of aryl methyl sites for hydroxylation is 3. The number of anilines is 1. The van der Waals surface area contributed by atoms with Crippen LogP contribution in [-0.2, 0) is 13.2 Å². The molecule has 4 aromatic rings. The minimum absolute atomic E-state index is 0.123. The van der Waals surface area contributed by atoms with Gasteiger partial charge >= 0.3 is 0 Å². The fourth-order valence-corrected chi connectivity index (χ4v) is 3.65. The lowest BCUT2D eigenvalue weighted by atomic mass is 10.1. The molecule has 1 amide bonds. The first-order valence-electron chi connectivity index (χ1n) is 10.1. The van der Waals surface area contributed by atoms with Crippen LogP contribution in [0.3, 0.4) is 0 Å². The van der Waals surface area contributed by atoms with Crippen molar-refractivity contribution in [2.75, 3.05) is 5.32 Å². The first-order valence-corrected chi connectivity index (χ1v) is 10.8. The van der Waals surface area contributed by atoms with Crippen LogP contribution in [0.1, 0.15) is 38.5 Å². The number of nitrogens with zero attached hydrogens (tertiary/aromatic N) is 4. The van der Waals surface area contributed by atoms with Crippen LogP contribution in [0.15, 0.2) is 47.2 Å². The van der Waals surface area contributed by atoms with Crippen LogP contribution in [0.25, 0.3) is 0 Å². The van der Waals surface area contributed by atoms with Gasteiger partial charge in [-0.05, 0) is 61.7 Å². The number of ether oxygens (including phenoxy) is 1. The Hall–Kier alpha value is -3.36. The number of carbonyl (C=O) groups excluding carboxylic acids is 1. The van der Waals surface area contributed by atoms with Crippen molar-refractivity contribution in [1.82, 2.24) is 19.9 Å². The van der Waals surface area contributed by atoms with Crippen molar-refractivity contribution in [2.45, 2.75) is 33.9 Å². The number of hydrogen-bond acceptors (Lipinski definition) is 6. The number of halogens is 2. The smallest absolute Gasteiger partial charge is 0.280 e. The van der Waals surface area contributed by atoms with Gasteiger partial charge < -0.3 is 9.26 Å². The van der Waals surface area contributed by atoms with E-state index in [1.165, 1.54) is 6.33 Å². The lowest BCUT2D eigenvalue weighted by Crippen LogP contribution is -2.16. The van der Waals surface area contributed by atoms with Crippen molar-refractivity contribution in [3.63, 3.8) is 0 Å².